The van der Waals surface area contributed by atoms with Crippen molar-refractivity contribution in [2.45, 2.75) is 32.1 Å². The van der Waals surface area contributed by atoms with Gasteiger partial charge in [0, 0.05) is 10.2 Å². The van der Waals surface area contributed by atoms with Crippen molar-refractivity contribution in [1.29, 1.82) is 0 Å². The Morgan fingerprint density at radius 2 is 1.70 bits per heavy atom. The number of hydrogen-bond donors (Lipinski definition) is 1. The molecule has 0 saturated heterocycles. The maximum atomic E-state index is 12.1. The Labute approximate surface area is 151 Å². The summed E-state index contributed by atoms with van der Waals surface area (Å²) in [5.41, 5.74) is 3.69. The average Bonchev–Trinajstić information content (AvgIpc) is 2.56. The van der Waals surface area contributed by atoms with Crippen molar-refractivity contribution in [2.24, 2.45) is 0 Å². The third-order valence-electron chi connectivity index (χ3n) is 3.68. The lowest BCUT2D eigenvalue weighted by atomic mass is 10.1. The van der Waals surface area contributed by atoms with Gasteiger partial charge in [-0.15, -0.1) is 11.8 Å². The number of carbonyl (C=O) groups excluding carboxylic acids is 1. The molecule has 2 aromatic carbocycles. The molecule has 0 bridgehead atoms. The zero-order valence-electron chi connectivity index (χ0n) is 13.5. The van der Waals surface area contributed by atoms with Crippen LogP contribution in [-0.4, -0.2) is 11.7 Å². The molecule has 1 unspecified atom stereocenters. The fourth-order valence-electron chi connectivity index (χ4n) is 2.25. The third-order valence-corrected chi connectivity index (χ3v) is 5.21. The molecule has 0 radical (unpaired) electrons. The summed E-state index contributed by atoms with van der Waals surface area (Å²) in [5, 5.41) is 3.06. The molecule has 0 saturated carbocycles. The predicted molar refractivity (Wildman–Crippen MR) is 103 cm³/mol. The van der Waals surface area contributed by atoms with Crippen molar-refractivity contribution >= 4 is 33.6 Å². The van der Waals surface area contributed by atoms with Gasteiger partial charge in [0.25, 0.3) is 0 Å². The van der Waals surface area contributed by atoms with Crippen LogP contribution < -0.4 is 5.32 Å². The predicted octanol–water partition coefficient (Wildman–Crippen LogP) is 5.12. The zero-order chi connectivity index (χ0) is 16.7. The fourth-order valence-corrected chi connectivity index (χ4v) is 3.31. The van der Waals surface area contributed by atoms with Crippen molar-refractivity contribution in [3.05, 3.63) is 69.7 Å². The summed E-state index contributed by atoms with van der Waals surface area (Å²) in [7, 11) is 0. The number of halogens is 1. The minimum atomic E-state index is 0.0432. The van der Waals surface area contributed by atoms with E-state index < -0.39 is 0 Å². The van der Waals surface area contributed by atoms with Crippen LogP contribution in [0.25, 0.3) is 0 Å². The molecule has 0 aliphatic carbocycles. The highest BCUT2D eigenvalue weighted by Crippen LogP contribution is 2.17. The molecule has 0 spiro atoms. The van der Waals surface area contributed by atoms with Gasteiger partial charge >= 0.3 is 0 Å². The second-order valence-corrected chi connectivity index (χ2v) is 7.40. The van der Waals surface area contributed by atoms with E-state index in [4.69, 9.17) is 0 Å². The summed E-state index contributed by atoms with van der Waals surface area (Å²) in [6.45, 7) is 4.17. The van der Waals surface area contributed by atoms with Crippen LogP contribution in [0.15, 0.2) is 53.0 Å². The first kappa shape index (κ1) is 18.1. The van der Waals surface area contributed by atoms with Crippen molar-refractivity contribution < 1.29 is 4.79 Å². The standard InChI is InChI=1S/C19H22BrNOS/c1-3-15-4-8-17(9-5-15)14(2)21-19(22)13-23-12-16-6-10-18(20)11-7-16/h4-11,14H,3,12-13H2,1-2H3,(H,21,22). The second kappa shape index (κ2) is 9.14. The van der Waals surface area contributed by atoms with E-state index >= 15 is 0 Å². The Morgan fingerprint density at radius 1 is 1.09 bits per heavy atom. The molecule has 0 aromatic heterocycles. The van der Waals surface area contributed by atoms with E-state index in [0.29, 0.717) is 5.75 Å². The first-order valence-corrected chi connectivity index (χ1v) is 9.73. The lowest BCUT2D eigenvalue weighted by molar-refractivity contribution is -0.119. The first-order valence-electron chi connectivity index (χ1n) is 7.79. The first-order chi connectivity index (χ1) is 11.1. The summed E-state index contributed by atoms with van der Waals surface area (Å²) in [6, 6.07) is 16.7. The van der Waals surface area contributed by atoms with E-state index in [1.165, 1.54) is 11.1 Å². The molecule has 0 heterocycles. The summed E-state index contributed by atoms with van der Waals surface area (Å²) in [5.74, 6) is 1.41. The van der Waals surface area contributed by atoms with E-state index in [1.54, 1.807) is 11.8 Å². The van der Waals surface area contributed by atoms with E-state index in [2.05, 4.69) is 64.6 Å². The highest BCUT2D eigenvalue weighted by atomic mass is 79.9. The van der Waals surface area contributed by atoms with Gasteiger partial charge in [-0.2, -0.15) is 0 Å². The van der Waals surface area contributed by atoms with Gasteiger partial charge in [-0.25, -0.2) is 0 Å². The highest BCUT2D eigenvalue weighted by Gasteiger charge is 2.09. The molecule has 23 heavy (non-hydrogen) atoms. The number of rotatable bonds is 7. The van der Waals surface area contributed by atoms with E-state index in [9.17, 15) is 4.79 Å². The summed E-state index contributed by atoms with van der Waals surface area (Å²) in [4.78, 5) is 12.1. The zero-order valence-corrected chi connectivity index (χ0v) is 15.9. The average molecular weight is 392 g/mol. The van der Waals surface area contributed by atoms with Gasteiger partial charge in [0.05, 0.1) is 11.8 Å². The van der Waals surface area contributed by atoms with Crippen LogP contribution in [-0.2, 0) is 17.0 Å². The molecule has 2 nitrogen and oxygen atoms in total. The molecule has 2 aromatic rings. The van der Waals surface area contributed by atoms with Gasteiger partial charge in [-0.05, 0) is 42.2 Å². The van der Waals surface area contributed by atoms with E-state index in [1.807, 2.05) is 19.1 Å². The van der Waals surface area contributed by atoms with Crippen molar-refractivity contribution in [2.75, 3.05) is 5.75 Å². The van der Waals surface area contributed by atoms with Crippen LogP contribution in [0.5, 0.6) is 0 Å². The molecule has 2 rings (SSSR count). The highest BCUT2D eigenvalue weighted by molar-refractivity contribution is 9.10. The lowest BCUT2D eigenvalue weighted by Gasteiger charge is -2.14. The van der Waals surface area contributed by atoms with Gasteiger partial charge in [-0.1, -0.05) is 59.3 Å². The number of aryl methyl sites for hydroxylation is 1. The maximum Gasteiger partial charge on any atom is 0.230 e. The Balaban J connectivity index is 1.76. The van der Waals surface area contributed by atoms with E-state index in [-0.39, 0.29) is 11.9 Å². The van der Waals surface area contributed by atoms with E-state index in [0.717, 1.165) is 22.2 Å². The molecule has 0 fully saturated rings. The van der Waals surface area contributed by atoms with Crippen LogP contribution in [0.3, 0.4) is 0 Å². The summed E-state index contributed by atoms with van der Waals surface area (Å²) >= 11 is 5.06. The SMILES string of the molecule is CCc1ccc(C(C)NC(=O)CSCc2ccc(Br)cc2)cc1. The molecule has 1 amide bonds. The van der Waals surface area contributed by atoms with Gasteiger partial charge in [0.1, 0.15) is 0 Å². The number of nitrogens with one attached hydrogen (secondary N) is 1. The van der Waals surface area contributed by atoms with Crippen molar-refractivity contribution in [3.8, 4) is 0 Å². The number of hydrogen-bond acceptors (Lipinski definition) is 2. The quantitative estimate of drug-likeness (QED) is 0.709. The topological polar surface area (TPSA) is 29.1 Å². The van der Waals surface area contributed by atoms with Crippen LogP contribution in [0, 0.1) is 0 Å². The second-order valence-electron chi connectivity index (χ2n) is 5.50. The number of thioether (sulfide) groups is 1. The Kier molecular flexibility index (Phi) is 7.18. The smallest absolute Gasteiger partial charge is 0.230 e. The normalized spacial score (nSPS) is 12.0. The Bertz CT molecular complexity index is 625. The minimum absolute atomic E-state index is 0.0432. The van der Waals surface area contributed by atoms with Gasteiger partial charge in [-0.3, -0.25) is 4.79 Å². The fraction of sp³-hybridized carbons (Fsp3) is 0.316. The molecule has 0 aliphatic heterocycles. The lowest BCUT2D eigenvalue weighted by Crippen LogP contribution is -2.28. The van der Waals surface area contributed by atoms with Crippen LogP contribution in [0.1, 0.15) is 36.6 Å². The molecule has 1 N–H and O–H groups in total. The number of benzene rings is 2. The van der Waals surface area contributed by atoms with Crippen LogP contribution >= 0.6 is 27.7 Å². The number of carbonyl (C=O) groups is 1. The molecule has 1 atom stereocenters. The van der Waals surface area contributed by atoms with Crippen molar-refractivity contribution in [3.63, 3.8) is 0 Å². The maximum absolute atomic E-state index is 12.1. The van der Waals surface area contributed by atoms with Gasteiger partial charge in [0.15, 0.2) is 0 Å². The third kappa shape index (κ3) is 6.04. The van der Waals surface area contributed by atoms with Gasteiger partial charge < -0.3 is 5.32 Å². The molecular weight excluding hydrogens is 370 g/mol. The molecule has 0 aliphatic rings. The Morgan fingerprint density at radius 3 is 2.30 bits per heavy atom. The molecular formula is C19H22BrNOS. The molecule has 4 heteroatoms. The monoisotopic (exact) mass is 391 g/mol. The Hall–Kier alpha value is -1.26. The van der Waals surface area contributed by atoms with Gasteiger partial charge in [0.2, 0.25) is 5.91 Å². The summed E-state index contributed by atoms with van der Waals surface area (Å²) < 4.78 is 1.08. The van der Waals surface area contributed by atoms with Crippen LogP contribution in [0.2, 0.25) is 0 Å². The minimum Gasteiger partial charge on any atom is -0.349 e. The van der Waals surface area contributed by atoms with Crippen LogP contribution in [0.4, 0.5) is 0 Å². The molecule has 122 valence electrons. The number of amides is 1. The summed E-state index contributed by atoms with van der Waals surface area (Å²) in [6.07, 6.45) is 1.04. The van der Waals surface area contributed by atoms with Crippen molar-refractivity contribution in [1.82, 2.24) is 5.32 Å². The largest absolute Gasteiger partial charge is 0.349 e.